The first-order valence-electron chi connectivity index (χ1n) is 10.2. The van der Waals surface area contributed by atoms with E-state index >= 15 is 0 Å². The molecular weight excluding hydrogens is 425 g/mol. The predicted molar refractivity (Wildman–Crippen MR) is 129 cm³/mol. The van der Waals surface area contributed by atoms with Crippen LogP contribution in [0.25, 0.3) is 16.8 Å². The van der Waals surface area contributed by atoms with Crippen LogP contribution in [0.3, 0.4) is 0 Å². The van der Waals surface area contributed by atoms with Crippen LogP contribution in [0.5, 0.6) is 0 Å². The number of aromatic nitrogens is 2. The summed E-state index contributed by atoms with van der Waals surface area (Å²) in [6.07, 6.45) is 2.22. The molecule has 0 radical (unpaired) electrons. The molecule has 2 heterocycles. The molecule has 170 valence electrons. The zero-order valence-electron chi connectivity index (χ0n) is 18.7. The van der Waals surface area contributed by atoms with E-state index in [1.165, 1.54) is 6.07 Å². The van der Waals surface area contributed by atoms with Crippen LogP contribution in [-0.2, 0) is 6.18 Å². The molecule has 0 fully saturated rings. The Hall–Kier alpha value is -3.87. The lowest BCUT2D eigenvalue weighted by molar-refractivity contribution is -0.141. The number of aryl methyl sites for hydroxylation is 1. The van der Waals surface area contributed by atoms with Gasteiger partial charge in [-0.05, 0) is 67.4 Å². The molecule has 0 aliphatic rings. The molecule has 3 aromatic rings. The lowest BCUT2D eigenvalue weighted by atomic mass is 10.0. The van der Waals surface area contributed by atoms with E-state index in [-0.39, 0.29) is 0 Å². The van der Waals surface area contributed by atoms with Crippen LogP contribution in [-0.4, -0.2) is 17.0 Å². The van der Waals surface area contributed by atoms with E-state index in [1.54, 1.807) is 6.20 Å². The fourth-order valence-electron chi connectivity index (χ4n) is 3.23. The van der Waals surface area contributed by atoms with Gasteiger partial charge in [0, 0.05) is 47.6 Å². The molecule has 0 spiro atoms. The van der Waals surface area contributed by atoms with E-state index in [2.05, 4.69) is 28.4 Å². The number of alkyl halides is 3. The third-order valence-electron chi connectivity index (χ3n) is 5.12. The van der Waals surface area contributed by atoms with Gasteiger partial charge in [0.15, 0.2) is 0 Å². The molecule has 0 aliphatic heterocycles. The highest BCUT2D eigenvalue weighted by atomic mass is 19.4. The Bertz CT molecular complexity index is 1190. The van der Waals surface area contributed by atoms with Crippen LogP contribution >= 0.6 is 0 Å². The van der Waals surface area contributed by atoms with Crippen molar-refractivity contribution in [2.75, 3.05) is 17.3 Å². The second-order valence-corrected chi connectivity index (χ2v) is 7.52. The molecule has 0 saturated carbocycles. The summed E-state index contributed by atoms with van der Waals surface area (Å²) in [5.41, 5.74) is 4.13. The van der Waals surface area contributed by atoms with Gasteiger partial charge in [-0.15, -0.1) is 0 Å². The molecule has 33 heavy (non-hydrogen) atoms. The van der Waals surface area contributed by atoms with Crippen LogP contribution in [0.15, 0.2) is 85.9 Å². The molecule has 0 atom stereocenters. The first-order chi connectivity index (χ1) is 15.6. The number of halogens is 3. The number of hydrogen-bond donors (Lipinski definition) is 1. The highest BCUT2D eigenvalue weighted by Crippen LogP contribution is 2.31. The van der Waals surface area contributed by atoms with Gasteiger partial charge in [-0.25, -0.2) is 4.98 Å². The van der Waals surface area contributed by atoms with Crippen LogP contribution < -0.4 is 10.2 Å². The number of rotatable bonds is 7. The van der Waals surface area contributed by atoms with Gasteiger partial charge < -0.3 is 10.2 Å². The molecule has 0 aliphatic carbocycles. The summed E-state index contributed by atoms with van der Waals surface area (Å²) in [7, 11) is 1.90. The summed E-state index contributed by atoms with van der Waals surface area (Å²) in [6.45, 7) is 11.8. The number of nitrogens with zero attached hydrogens (tertiary/aromatic N) is 3. The fraction of sp³-hybridized carbons (Fsp3) is 0.154. The molecule has 1 aromatic carbocycles. The molecule has 1 N–H and O–H groups in total. The minimum absolute atomic E-state index is 0.315. The molecule has 0 bridgehead atoms. The Morgan fingerprint density at radius 2 is 1.82 bits per heavy atom. The fourth-order valence-corrected chi connectivity index (χ4v) is 3.23. The first-order valence-corrected chi connectivity index (χ1v) is 10.2. The topological polar surface area (TPSA) is 41.0 Å². The quantitative estimate of drug-likeness (QED) is 0.391. The second kappa shape index (κ2) is 9.73. The van der Waals surface area contributed by atoms with Crippen molar-refractivity contribution in [3.05, 3.63) is 103 Å². The molecule has 3 rings (SSSR count). The number of anilines is 2. The Balaban J connectivity index is 1.83. The van der Waals surface area contributed by atoms with Crippen molar-refractivity contribution < 1.29 is 13.2 Å². The summed E-state index contributed by atoms with van der Waals surface area (Å²) in [4.78, 5) is 9.83. The van der Waals surface area contributed by atoms with Gasteiger partial charge in [0.2, 0.25) is 0 Å². The summed E-state index contributed by atoms with van der Waals surface area (Å²) < 4.78 is 38.9. The number of benzene rings is 1. The maximum atomic E-state index is 13.0. The number of hydrogen-bond acceptors (Lipinski definition) is 4. The zero-order valence-corrected chi connectivity index (χ0v) is 18.7. The van der Waals surface area contributed by atoms with E-state index < -0.39 is 11.9 Å². The summed E-state index contributed by atoms with van der Waals surface area (Å²) >= 11 is 0. The van der Waals surface area contributed by atoms with Crippen molar-refractivity contribution >= 4 is 17.2 Å². The van der Waals surface area contributed by atoms with E-state index in [4.69, 9.17) is 0 Å². The maximum absolute atomic E-state index is 13.0. The number of allylic oxidation sites excluding steroid dienone is 2. The van der Waals surface area contributed by atoms with Crippen LogP contribution in [0.1, 0.15) is 23.7 Å². The average Bonchev–Trinajstić information content (AvgIpc) is 2.79. The average molecular weight is 451 g/mol. The van der Waals surface area contributed by atoms with Crippen molar-refractivity contribution in [2.24, 2.45) is 0 Å². The molecule has 0 amide bonds. The summed E-state index contributed by atoms with van der Waals surface area (Å²) in [5, 5.41) is 3.10. The van der Waals surface area contributed by atoms with E-state index in [1.807, 2.05) is 68.3 Å². The highest BCUT2D eigenvalue weighted by Gasteiger charge is 2.32. The standard InChI is InChI=1S/C26H25F3N4/c1-6-7-18(3)33(5)25-11-9-21(16-31-25)23-15-22(10-8-17(23)2)32-19(4)20-12-13-30-24(14-20)26(27,28)29/h6-16,32H,3-4H2,1-2,5H3/b7-6-. The Kier molecular flexibility index (Phi) is 7.01. The van der Waals surface area contributed by atoms with Crippen molar-refractivity contribution in [2.45, 2.75) is 20.0 Å². The SMILES string of the molecule is C=C(Nc1ccc(C)c(-c2ccc(N(C)C(=C)/C=C\C)nc2)c1)c1ccnc(C(F)(F)F)c1. The third-order valence-corrected chi connectivity index (χ3v) is 5.12. The smallest absolute Gasteiger partial charge is 0.356 e. The van der Waals surface area contributed by atoms with Gasteiger partial charge in [-0.1, -0.05) is 25.3 Å². The predicted octanol–water partition coefficient (Wildman–Crippen LogP) is 7.08. The minimum Gasteiger partial charge on any atom is -0.356 e. The maximum Gasteiger partial charge on any atom is 0.433 e. The van der Waals surface area contributed by atoms with Gasteiger partial charge in [0.1, 0.15) is 11.5 Å². The Morgan fingerprint density at radius 3 is 2.45 bits per heavy atom. The second-order valence-electron chi connectivity index (χ2n) is 7.52. The Morgan fingerprint density at radius 1 is 1.06 bits per heavy atom. The molecule has 7 heteroatoms. The lowest BCUT2D eigenvalue weighted by Crippen LogP contribution is -2.15. The third kappa shape index (κ3) is 5.68. The van der Waals surface area contributed by atoms with Gasteiger partial charge in [0.05, 0.1) is 0 Å². The van der Waals surface area contributed by atoms with Crippen molar-refractivity contribution in [1.82, 2.24) is 9.97 Å². The monoisotopic (exact) mass is 450 g/mol. The summed E-state index contributed by atoms with van der Waals surface area (Å²) in [6, 6.07) is 12.1. The first kappa shape index (κ1) is 23.8. The van der Waals surface area contributed by atoms with Crippen LogP contribution in [0, 0.1) is 6.92 Å². The van der Waals surface area contributed by atoms with E-state index in [0.717, 1.165) is 40.5 Å². The lowest BCUT2D eigenvalue weighted by Gasteiger charge is -2.19. The zero-order chi connectivity index (χ0) is 24.2. The number of nitrogens with one attached hydrogen (secondary N) is 1. The largest absolute Gasteiger partial charge is 0.433 e. The highest BCUT2D eigenvalue weighted by molar-refractivity contribution is 5.79. The van der Waals surface area contributed by atoms with Gasteiger partial charge >= 0.3 is 6.18 Å². The number of pyridine rings is 2. The Labute approximate surface area is 191 Å². The van der Waals surface area contributed by atoms with Crippen molar-refractivity contribution in [3.63, 3.8) is 0 Å². The normalized spacial score (nSPS) is 11.5. The molecular formula is C26H25F3N4. The minimum atomic E-state index is -4.51. The van der Waals surface area contributed by atoms with Crippen molar-refractivity contribution in [3.8, 4) is 11.1 Å². The van der Waals surface area contributed by atoms with Crippen LogP contribution in [0.4, 0.5) is 24.7 Å². The van der Waals surface area contributed by atoms with Crippen molar-refractivity contribution in [1.29, 1.82) is 0 Å². The summed E-state index contributed by atoms with van der Waals surface area (Å²) in [5.74, 6) is 0.764. The molecule has 4 nitrogen and oxygen atoms in total. The molecule has 2 aromatic heterocycles. The van der Waals surface area contributed by atoms with E-state index in [9.17, 15) is 13.2 Å². The molecule has 0 saturated heterocycles. The van der Waals surface area contributed by atoms with Crippen LogP contribution in [0.2, 0.25) is 0 Å². The van der Waals surface area contributed by atoms with Gasteiger partial charge in [0.25, 0.3) is 0 Å². The number of likely N-dealkylation sites (N-methyl/N-ethyl adjacent to an activating group) is 1. The van der Waals surface area contributed by atoms with Gasteiger partial charge in [-0.2, -0.15) is 13.2 Å². The van der Waals surface area contributed by atoms with E-state index in [0.29, 0.717) is 16.9 Å². The van der Waals surface area contributed by atoms with Gasteiger partial charge in [-0.3, -0.25) is 4.98 Å². The molecule has 0 unspecified atom stereocenters.